The highest BCUT2D eigenvalue weighted by atomic mass is 16.3. The minimum Gasteiger partial charge on any atom is -0.509 e. The summed E-state index contributed by atoms with van der Waals surface area (Å²) in [5, 5.41) is 14.0. The van der Waals surface area contributed by atoms with Crippen LogP contribution >= 0.6 is 0 Å². The molecule has 1 heterocycles. The molecule has 24 heavy (non-hydrogen) atoms. The van der Waals surface area contributed by atoms with Crippen LogP contribution in [0.15, 0.2) is 72.0 Å². The predicted octanol–water partition coefficient (Wildman–Crippen LogP) is 3.58. The van der Waals surface area contributed by atoms with Crippen LogP contribution in [0.25, 0.3) is 0 Å². The Balaban J connectivity index is 2.03. The molecule has 0 aliphatic carbocycles. The van der Waals surface area contributed by atoms with Crippen molar-refractivity contribution in [2.45, 2.75) is 25.9 Å². The summed E-state index contributed by atoms with van der Waals surface area (Å²) in [5.74, 6) is -0.0242. The number of para-hydroxylation sites is 1. The van der Waals surface area contributed by atoms with E-state index in [1.807, 2.05) is 74.5 Å². The zero-order valence-electron chi connectivity index (χ0n) is 13.9. The number of anilines is 1. The van der Waals surface area contributed by atoms with Gasteiger partial charge in [-0.3, -0.25) is 9.69 Å². The molecule has 2 aromatic rings. The van der Waals surface area contributed by atoms with Crippen LogP contribution in [-0.4, -0.2) is 23.6 Å². The van der Waals surface area contributed by atoms with E-state index in [0.717, 1.165) is 11.3 Å². The van der Waals surface area contributed by atoms with Crippen molar-refractivity contribution in [2.24, 2.45) is 0 Å². The van der Waals surface area contributed by atoms with E-state index in [0.29, 0.717) is 12.1 Å². The molecule has 0 spiro atoms. The molecule has 0 radical (unpaired) electrons. The lowest BCUT2D eigenvalue weighted by molar-refractivity contribution is -0.114. The van der Waals surface area contributed by atoms with E-state index in [9.17, 15) is 9.90 Å². The Morgan fingerprint density at radius 3 is 2.21 bits per heavy atom. The minimum atomic E-state index is -0.481. The van der Waals surface area contributed by atoms with Gasteiger partial charge in [0.15, 0.2) is 0 Å². The highest BCUT2D eigenvalue weighted by Gasteiger charge is 2.40. The monoisotopic (exact) mass is 322 g/mol. The van der Waals surface area contributed by atoms with Crippen LogP contribution in [0.5, 0.6) is 0 Å². The molecule has 0 fully saturated rings. The third kappa shape index (κ3) is 3.05. The summed E-state index contributed by atoms with van der Waals surface area (Å²) in [6.45, 7) is 4.39. The predicted molar refractivity (Wildman–Crippen MR) is 95.9 cm³/mol. The molecule has 4 heteroatoms. The molecule has 0 aromatic heterocycles. The van der Waals surface area contributed by atoms with E-state index in [2.05, 4.69) is 5.32 Å². The first-order chi connectivity index (χ1) is 11.6. The summed E-state index contributed by atoms with van der Waals surface area (Å²) in [4.78, 5) is 14.6. The smallest absolute Gasteiger partial charge is 0.259 e. The van der Waals surface area contributed by atoms with Crippen LogP contribution in [0, 0.1) is 0 Å². The summed E-state index contributed by atoms with van der Waals surface area (Å²) in [6, 6.07) is 18.9. The van der Waals surface area contributed by atoms with Crippen molar-refractivity contribution in [1.29, 1.82) is 0 Å². The molecule has 2 N–H and O–H groups in total. The van der Waals surface area contributed by atoms with Gasteiger partial charge in [0.1, 0.15) is 11.8 Å². The molecular weight excluding hydrogens is 300 g/mol. The molecule has 0 bridgehead atoms. The molecule has 1 atom stereocenters. The first kappa shape index (κ1) is 16.3. The maximum Gasteiger partial charge on any atom is 0.259 e. The van der Waals surface area contributed by atoms with Crippen molar-refractivity contribution in [1.82, 2.24) is 5.32 Å². The number of aliphatic hydroxyl groups excluding tert-OH is 1. The minimum absolute atomic E-state index is 0.128. The molecular formula is C20H22N2O2. The summed E-state index contributed by atoms with van der Waals surface area (Å²) in [7, 11) is 0. The number of rotatable bonds is 5. The van der Waals surface area contributed by atoms with Crippen LogP contribution < -0.4 is 10.2 Å². The van der Waals surface area contributed by atoms with Gasteiger partial charge in [0.05, 0.1) is 5.57 Å². The molecule has 0 saturated carbocycles. The van der Waals surface area contributed by atoms with Crippen LogP contribution in [-0.2, 0) is 4.79 Å². The SMILES string of the molecule is CC(C)NCC1=C(O)C(c2ccccc2)N(c2ccccc2)C1=O. The van der Waals surface area contributed by atoms with Gasteiger partial charge in [0.2, 0.25) is 0 Å². The normalized spacial score (nSPS) is 17.9. The molecule has 1 unspecified atom stereocenters. The number of hydrogen-bond donors (Lipinski definition) is 2. The lowest BCUT2D eigenvalue weighted by atomic mass is 10.0. The third-order valence-corrected chi connectivity index (χ3v) is 4.14. The zero-order valence-corrected chi connectivity index (χ0v) is 13.9. The number of benzene rings is 2. The van der Waals surface area contributed by atoms with E-state index in [-0.39, 0.29) is 17.7 Å². The summed E-state index contributed by atoms with van der Waals surface area (Å²) < 4.78 is 0. The average Bonchev–Trinajstić information content (AvgIpc) is 2.85. The maximum absolute atomic E-state index is 13.0. The van der Waals surface area contributed by atoms with Crippen molar-refractivity contribution in [2.75, 3.05) is 11.4 Å². The van der Waals surface area contributed by atoms with Crippen LogP contribution in [0.3, 0.4) is 0 Å². The summed E-state index contributed by atoms with van der Waals surface area (Å²) in [6.07, 6.45) is 0. The number of amides is 1. The highest BCUT2D eigenvalue weighted by Crippen LogP contribution is 2.39. The van der Waals surface area contributed by atoms with Gasteiger partial charge in [0.25, 0.3) is 5.91 Å². The van der Waals surface area contributed by atoms with Crippen molar-refractivity contribution in [3.8, 4) is 0 Å². The van der Waals surface area contributed by atoms with Crippen molar-refractivity contribution < 1.29 is 9.90 Å². The number of carbonyl (C=O) groups excluding carboxylic acids is 1. The quantitative estimate of drug-likeness (QED) is 0.884. The fourth-order valence-electron chi connectivity index (χ4n) is 2.93. The van der Waals surface area contributed by atoms with E-state index in [1.54, 1.807) is 4.90 Å². The van der Waals surface area contributed by atoms with Gasteiger partial charge in [-0.25, -0.2) is 0 Å². The van der Waals surface area contributed by atoms with Crippen LogP contribution in [0.4, 0.5) is 5.69 Å². The number of nitrogens with zero attached hydrogens (tertiary/aromatic N) is 1. The Morgan fingerprint density at radius 2 is 1.62 bits per heavy atom. The Bertz CT molecular complexity index is 739. The molecule has 0 saturated heterocycles. The van der Waals surface area contributed by atoms with Crippen LogP contribution in [0.2, 0.25) is 0 Å². The molecule has 4 nitrogen and oxygen atoms in total. The van der Waals surface area contributed by atoms with Gasteiger partial charge in [-0.1, -0.05) is 62.4 Å². The Labute approximate surface area is 142 Å². The molecule has 2 aromatic carbocycles. The largest absolute Gasteiger partial charge is 0.509 e. The van der Waals surface area contributed by atoms with E-state index in [1.165, 1.54) is 0 Å². The first-order valence-corrected chi connectivity index (χ1v) is 8.18. The first-order valence-electron chi connectivity index (χ1n) is 8.18. The summed E-state index contributed by atoms with van der Waals surface area (Å²) in [5.41, 5.74) is 2.11. The second-order valence-electron chi connectivity index (χ2n) is 6.22. The van der Waals surface area contributed by atoms with Gasteiger partial charge < -0.3 is 10.4 Å². The Kier molecular flexibility index (Phi) is 4.67. The fraction of sp³-hybridized carbons (Fsp3) is 0.250. The molecule has 3 rings (SSSR count). The number of nitrogens with one attached hydrogen (secondary N) is 1. The molecule has 1 aliphatic rings. The summed E-state index contributed by atoms with van der Waals surface area (Å²) >= 11 is 0. The second kappa shape index (κ2) is 6.89. The zero-order chi connectivity index (χ0) is 17.1. The topological polar surface area (TPSA) is 52.6 Å². The lowest BCUT2D eigenvalue weighted by Crippen LogP contribution is -2.33. The second-order valence-corrected chi connectivity index (χ2v) is 6.22. The van der Waals surface area contributed by atoms with Gasteiger partial charge in [-0.2, -0.15) is 0 Å². The van der Waals surface area contributed by atoms with E-state index in [4.69, 9.17) is 0 Å². The van der Waals surface area contributed by atoms with E-state index >= 15 is 0 Å². The maximum atomic E-state index is 13.0. The van der Waals surface area contributed by atoms with Crippen molar-refractivity contribution >= 4 is 11.6 Å². The van der Waals surface area contributed by atoms with E-state index < -0.39 is 6.04 Å². The highest BCUT2D eigenvalue weighted by molar-refractivity contribution is 6.10. The standard InChI is InChI=1S/C20H22N2O2/c1-14(2)21-13-17-19(23)18(15-9-5-3-6-10-15)22(20(17)24)16-11-7-4-8-12-16/h3-12,14,18,21,23H,13H2,1-2H3. The van der Waals surface area contributed by atoms with Crippen molar-refractivity contribution in [3.05, 3.63) is 77.6 Å². The number of aliphatic hydroxyl groups is 1. The third-order valence-electron chi connectivity index (χ3n) is 4.14. The molecule has 1 amide bonds. The number of hydrogen-bond acceptors (Lipinski definition) is 3. The lowest BCUT2D eigenvalue weighted by Gasteiger charge is -2.26. The van der Waals surface area contributed by atoms with Gasteiger partial charge in [0, 0.05) is 18.3 Å². The van der Waals surface area contributed by atoms with Crippen LogP contribution in [0.1, 0.15) is 25.5 Å². The van der Waals surface area contributed by atoms with Crippen molar-refractivity contribution in [3.63, 3.8) is 0 Å². The number of carbonyl (C=O) groups is 1. The Morgan fingerprint density at radius 1 is 1.04 bits per heavy atom. The van der Waals surface area contributed by atoms with Gasteiger partial charge >= 0.3 is 0 Å². The van der Waals surface area contributed by atoms with Gasteiger partial charge in [-0.05, 0) is 17.7 Å². The average molecular weight is 322 g/mol. The van der Waals surface area contributed by atoms with Gasteiger partial charge in [-0.15, -0.1) is 0 Å². The molecule has 124 valence electrons. The Hall–Kier alpha value is -2.59. The molecule has 1 aliphatic heterocycles. The fourth-order valence-corrected chi connectivity index (χ4v) is 2.93.